The molecule has 0 heterocycles. The maximum Gasteiger partial charge on any atom is 0.302 e. The molecule has 0 radical (unpaired) electrons. The number of aliphatic hydroxyl groups excluding tert-OH is 1. The molecule has 0 aromatic heterocycles. The molecule has 1 N–H and O–H groups in total. The molecule has 64 valence electrons. The first-order chi connectivity index (χ1) is 5.18. The predicted octanol–water partition coefficient (Wildman–Crippen LogP) is 1.30. The zero-order valence-corrected chi connectivity index (χ0v) is 7.18. The Balaban J connectivity index is 0. The monoisotopic (exact) mass is 158 g/mol. The molecule has 0 saturated carbocycles. The number of hydrogen-bond donors (Lipinski definition) is 1. The van der Waals surface area contributed by atoms with Gasteiger partial charge >= 0.3 is 5.97 Å². The lowest BCUT2D eigenvalue weighted by atomic mass is 10.4. The highest BCUT2D eigenvalue weighted by Gasteiger charge is 1.75. The first kappa shape index (κ1) is 12.5. The Hall–Kier alpha value is -1.17. The van der Waals surface area contributed by atoms with Crippen molar-refractivity contribution < 1.29 is 14.6 Å². The minimum atomic E-state index is -0.245. The van der Waals surface area contributed by atoms with Crippen LogP contribution in [0.15, 0.2) is 0 Å². The zero-order chi connectivity index (χ0) is 9.11. The SMILES string of the molecule is CCCC#CO.COC(C)=O. The molecule has 0 spiro atoms. The van der Waals surface area contributed by atoms with Crippen LogP contribution in [-0.4, -0.2) is 18.2 Å². The summed E-state index contributed by atoms with van der Waals surface area (Å²) < 4.78 is 4.11. The average molecular weight is 158 g/mol. The number of carbonyl (C=O) groups is 1. The van der Waals surface area contributed by atoms with Gasteiger partial charge < -0.3 is 9.84 Å². The summed E-state index contributed by atoms with van der Waals surface area (Å²) in [4.78, 5) is 9.59. The van der Waals surface area contributed by atoms with Crippen molar-refractivity contribution in [2.24, 2.45) is 0 Å². The van der Waals surface area contributed by atoms with Crippen molar-refractivity contribution in [3.05, 3.63) is 0 Å². The topological polar surface area (TPSA) is 46.5 Å². The summed E-state index contributed by atoms with van der Waals surface area (Å²) in [5.74, 6) is 2.26. The fourth-order valence-electron chi connectivity index (χ4n) is 0.181. The Morgan fingerprint density at radius 2 is 2.09 bits per heavy atom. The molecule has 3 heteroatoms. The van der Waals surface area contributed by atoms with Crippen LogP contribution in [0.1, 0.15) is 26.7 Å². The van der Waals surface area contributed by atoms with Crippen molar-refractivity contribution in [2.75, 3.05) is 7.11 Å². The summed E-state index contributed by atoms with van der Waals surface area (Å²) in [5.41, 5.74) is 0. The van der Waals surface area contributed by atoms with E-state index in [4.69, 9.17) is 5.11 Å². The Morgan fingerprint density at radius 1 is 1.64 bits per heavy atom. The fraction of sp³-hybridized carbons (Fsp3) is 0.625. The van der Waals surface area contributed by atoms with Crippen LogP contribution >= 0.6 is 0 Å². The van der Waals surface area contributed by atoms with Crippen molar-refractivity contribution in [2.45, 2.75) is 26.7 Å². The van der Waals surface area contributed by atoms with E-state index in [1.807, 2.05) is 13.0 Å². The minimum absolute atomic E-state index is 0.245. The van der Waals surface area contributed by atoms with E-state index in [0.29, 0.717) is 0 Å². The van der Waals surface area contributed by atoms with Gasteiger partial charge in [-0.3, -0.25) is 4.79 Å². The third kappa shape index (κ3) is 28.1. The van der Waals surface area contributed by atoms with Crippen molar-refractivity contribution in [1.82, 2.24) is 0 Å². The Labute approximate surface area is 67.4 Å². The molecule has 0 aromatic carbocycles. The highest BCUT2D eigenvalue weighted by molar-refractivity contribution is 5.65. The van der Waals surface area contributed by atoms with Gasteiger partial charge in [0.1, 0.15) is 6.11 Å². The molecule has 0 bridgehead atoms. The number of methoxy groups -OCH3 is 1. The van der Waals surface area contributed by atoms with Gasteiger partial charge in [0.2, 0.25) is 0 Å². The number of aliphatic hydroxyl groups is 1. The number of unbranched alkanes of at least 4 members (excludes halogenated alkanes) is 1. The summed E-state index contributed by atoms with van der Waals surface area (Å²) in [7, 11) is 1.35. The molecule has 0 saturated heterocycles. The standard InChI is InChI=1S/C5H8O.C3H6O2/c1-2-3-4-5-6;1-3(4)5-2/h6H,2-3H2,1H3;1-2H3. The van der Waals surface area contributed by atoms with E-state index in [1.54, 1.807) is 0 Å². The first-order valence-electron chi connectivity index (χ1n) is 3.35. The largest absolute Gasteiger partial charge is 0.469 e. The smallest absolute Gasteiger partial charge is 0.302 e. The van der Waals surface area contributed by atoms with Crippen molar-refractivity contribution >= 4 is 5.97 Å². The van der Waals surface area contributed by atoms with E-state index in [-0.39, 0.29) is 5.97 Å². The summed E-state index contributed by atoms with van der Waals surface area (Å²) in [6, 6.07) is 0. The lowest BCUT2D eigenvalue weighted by molar-refractivity contribution is -0.137. The third-order valence-electron chi connectivity index (χ3n) is 0.742. The van der Waals surface area contributed by atoms with Gasteiger partial charge in [-0.25, -0.2) is 0 Å². The van der Waals surface area contributed by atoms with Crippen molar-refractivity contribution in [1.29, 1.82) is 0 Å². The molecule has 0 aliphatic heterocycles. The molecule has 0 fully saturated rings. The number of hydrogen-bond acceptors (Lipinski definition) is 3. The lowest BCUT2D eigenvalue weighted by Gasteiger charge is -1.80. The van der Waals surface area contributed by atoms with Crippen LogP contribution in [0.5, 0.6) is 0 Å². The summed E-state index contributed by atoms with van der Waals surface area (Å²) in [5, 5.41) is 7.84. The molecular formula is C8H14O3. The second-order valence-corrected chi connectivity index (χ2v) is 1.73. The lowest BCUT2D eigenvalue weighted by Crippen LogP contribution is -1.88. The third-order valence-corrected chi connectivity index (χ3v) is 0.742. The van der Waals surface area contributed by atoms with Gasteiger partial charge in [-0.2, -0.15) is 0 Å². The van der Waals surface area contributed by atoms with Gasteiger partial charge in [0.25, 0.3) is 0 Å². The number of carbonyl (C=O) groups excluding carboxylic acids is 1. The molecule has 0 aliphatic rings. The second kappa shape index (κ2) is 11.6. The molecule has 0 amide bonds. The van der Waals surface area contributed by atoms with Gasteiger partial charge in [0.05, 0.1) is 7.11 Å². The molecular weight excluding hydrogens is 144 g/mol. The van der Waals surface area contributed by atoms with E-state index in [1.165, 1.54) is 14.0 Å². The quantitative estimate of drug-likeness (QED) is 0.462. The Kier molecular flexibility index (Phi) is 13.2. The molecule has 0 aromatic rings. The van der Waals surface area contributed by atoms with Crippen molar-refractivity contribution in [3.63, 3.8) is 0 Å². The molecule has 11 heavy (non-hydrogen) atoms. The summed E-state index contributed by atoms with van der Waals surface area (Å²) in [6.07, 6.45) is 3.64. The maximum absolute atomic E-state index is 9.59. The average Bonchev–Trinajstić information content (AvgIpc) is 2.02. The van der Waals surface area contributed by atoms with Crippen LogP contribution in [-0.2, 0) is 9.53 Å². The van der Waals surface area contributed by atoms with E-state index < -0.39 is 0 Å². The van der Waals surface area contributed by atoms with Crippen LogP contribution in [0.3, 0.4) is 0 Å². The normalized spacial score (nSPS) is 6.45. The molecule has 3 nitrogen and oxygen atoms in total. The van der Waals surface area contributed by atoms with Crippen molar-refractivity contribution in [3.8, 4) is 12.0 Å². The van der Waals surface area contributed by atoms with Gasteiger partial charge in [-0.05, 0) is 6.42 Å². The van der Waals surface area contributed by atoms with E-state index in [0.717, 1.165) is 12.8 Å². The molecule has 0 unspecified atom stereocenters. The summed E-state index contributed by atoms with van der Waals surface area (Å²) >= 11 is 0. The van der Waals surface area contributed by atoms with Crippen LogP contribution in [0.25, 0.3) is 0 Å². The number of esters is 1. The summed E-state index contributed by atoms with van der Waals surface area (Å²) in [6.45, 7) is 3.38. The second-order valence-electron chi connectivity index (χ2n) is 1.73. The van der Waals surface area contributed by atoms with Crippen LogP contribution in [0.2, 0.25) is 0 Å². The molecule has 0 rings (SSSR count). The van der Waals surface area contributed by atoms with Crippen LogP contribution in [0.4, 0.5) is 0 Å². The van der Waals surface area contributed by atoms with Gasteiger partial charge in [-0.15, -0.1) is 0 Å². The highest BCUT2D eigenvalue weighted by Crippen LogP contribution is 1.78. The van der Waals surface area contributed by atoms with Gasteiger partial charge in [0.15, 0.2) is 0 Å². The fourth-order valence-corrected chi connectivity index (χ4v) is 0.181. The molecule has 0 atom stereocenters. The Morgan fingerprint density at radius 3 is 2.18 bits per heavy atom. The van der Waals surface area contributed by atoms with Gasteiger partial charge in [-0.1, -0.05) is 12.8 Å². The predicted molar refractivity (Wildman–Crippen MR) is 42.3 cm³/mol. The van der Waals surface area contributed by atoms with Crippen LogP contribution < -0.4 is 0 Å². The van der Waals surface area contributed by atoms with E-state index in [2.05, 4.69) is 10.7 Å². The number of ether oxygens (including phenoxy) is 1. The van der Waals surface area contributed by atoms with E-state index >= 15 is 0 Å². The molecule has 0 aliphatic carbocycles. The maximum atomic E-state index is 9.59. The van der Waals surface area contributed by atoms with Gasteiger partial charge in [0, 0.05) is 13.3 Å². The number of rotatable bonds is 1. The highest BCUT2D eigenvalue weighted by atomic mass is 16.5. The van der Waals surface area contributed by atoms with E-state index in [9.17, 15) is 4.79 Å². The minimum Gasteiger partial charge on any atom is -0.469 e. The Bertz CT molecular complexity index is 141. The first-order valence-corrected chi connectivity index (χ1v) is 3.35. The van der Waals surface area contributed by atoms with Crippen LogP contribution in [0, 0.1) is 12.0 Å². The zero-order valence-electron chi connectivity index (χ0n) is 7.18.